The maximum atomic E-state index is 11.3. The summed E-state index contributed by atoms with van der Waals surface area (Å²) in [7, 11) is 0. The molecule has 0 fully saturated rings. The zero-order chi connectivity index (χ0) is 11.1. The van der Waals surface area contributed by atoms with Crippen LogP contribution in [0.3, 0.4) is 0 Å². The molecule has 0 saturated heterocycles. The SMILES string of the molecule is CCCCc1ccc(C(=O)OCC)cc1. The van der Waals surface area contributed by atoms with Crippen molar-refractivity contribution >= 4 is 5.97 Å². The van der Waals surface area contributed by atoms with Crippen LogP contribution in [0.25, 0.3) is 0 Å². The fraction of sp³-hybridized carbons (Fsp3) is 0.462. The van der Waals surface area contributed by atoms with E-state index in [-0.39, 0.29) is 5.97 Å². The summed E-state index contributed by atoms with van der Waals surface area (Å²) in [4.78, 5) is 11.3. The number of rotatable bonds is 5. The Morgan fingerprint density at radius 1 is 1.20 bits per heavy atom. The normalized spacial score (nSPS) is 10.0. The molecule has 15 heavy (non-hydrogen) atoms. The van der Waals surface area contributed by atoms with Crippen LogP contribution in [0.2, 0.25) is 0 Å². The van der Waals surface area contributed by atoms with E-state index < -0.39 is 0 Å². The number of carbonyl (C=O) groups excluding carboxylic acids is 1. The first-order valence-corrected chi connectivity index (χ1v) is 5.54. The number of ether oxygens (including phenoxy) is 1. The topological polar surface area (TPSA) is 26.3 Å². The van der Waals surface area contributed by atoms with Gasteiger partial charge in [0.1, 0.15) is 0 Å². The summed E-state index contributed by atoms with van der Waals surface area (Å²) in [5.74, 6) is -0.237. The van der Waals surface area contributed by atoms with E-state index in [1.807, 2.05) is 31.2 Å². The summed E-state index contributed by atoms with van der Waals surface area (Å²) in [6.07, 6.45) is 3.47. The van der Waals surface area contributed by atoms with E-state index in [9.17, 15) is 4.79 Å². The number of hydrogen-bond donors (Lipinski definition) is 0. The van der Waals surface area contributed by atoms with Gasteiger partial charge in [-0.1, -0.05) is 25.5 Å². The number of esters is 1. The Morgan fingerprint density at radius 2 is 1.87 bits per heavy atom. The van der Waals surface area contributed by atoms with Crippen molar-refractivity contribution in [3.63, 3.8) is 0 Å². The Hall–Kier alpha value is -1.31. The van der Waals surface area contributed by atoms with E-state index in [4.69, 9.17) is 4.74 Å². The summed E-state index contributed by atoms with van der Waals surface area (Å²) in [6, 6.07) is 7.68. The minimum absolute atomic E-state index is 0.237. The van der Waals surface area contributed by atoms with Gasteiger partial charge in [0.25, 0.3) is 0 Å². The molecule has 0 N–H and O–H groups in total. The number of unbranched alkanes of at least 4 members (excludes halogenated alkanes) is 1. The first kappa shape index (κ1) is 11.8. The van der Waals surface area contributed by atoms with Crippen LogP contribution in [-0.2, 0) is 11.2 Å². The number of aryl methyl sites for hydroxylation is 1. The maximum absolute atomic E-state index is 11.3. The summed E-state index contributed by atoms with van der Waals surface area (Å²) in [5.41, 5.74) is 1.92. The second-order valence-electron chi connectivity index (χ2n) is 3.52. The van der Waals surface area contributed by atoms with Gasteiger partial charge in [0.2, 0.25) is 0 Å². The average molecular weight is 206 g/mol. The largest absolute Gasteiger partial charge is 0.462 e. The number of carbonyl (C=O) groups is 1. The predicted molar refractivity (Wildman–Crippen MR) is 61.0 cm³/mol. The van der Waals surface area contributed by atoms with Crippen LogP contribution < -0.4 is 0 Å². The molecule has 1 aromatic carbocycles. The van der Waals surface area contributed by atoms with Gasteiger partial charge in [-0.3, -0.25) is 0 Å². The second-order valence-corrected chi connectivity index (χ2v) is 3.52. The maximum Gasteiger partial charge on any atom is 0.338 e. The Morgan fingerprint density at radius 3 is 2.40 bits per heavy atom. The monoisotopic (exact) mass is 206 g/mol. The number of hydrogen-bond acceptors (Lipinski definition) is 2. The molecule has 0 spiro atoms. The minimum Gasteiger partial charge on any atom is -0.462 e. The van der Waals surface area contributed by atoms with Crippen LogP contribution in [0.1, 0.15) is 42.6 Å². The van der Waals surface area contributed by atoms with Crippen LogP contribution >= 0.6 is 0 Å². The standard InChI is InChI=1S/C13H18O2/c1-3-5-6-11-7-9-12(10-8-11)13(14)15-4-2/h7-10H,3-6H2,1-2H3. The lowest BCUT2D eigenvalue weighted by Gasteiger charge is -2.03. The van der Waals surface area contributed by atoms with E-state index in [1.54, 1.807) is 0 Å². The molecular weight excluding hydrogens is 188 g/mol. The fourth-order valence-electron chi connectivity index (χ4n) is 1.40. The van der Waals surface area contributed by atoms with Crippen molar-refractivity contribution in [1.29, 1.82) is 0 Å². The molecule has 0 aliphatic rings. The molecule has 0 bridgehead atoms. The van der Waals surface area contributed by atoms with Crippen LogP contribution in [0, 0.1) is 0 Å². The molecule has 0 aromatic heterocycles. The third-order valence-corrected chi connectivity index (χ3v) is 2.28. The zero-order valence-corrected chi connectivity index (χ0v) is 9.45. The van der Waals surface area contributed by atoms with Crippen LogP contribution in [-0.4, -0.2) is 12.6 Å². The fourth-order valence-corrected chi connectivity index (χ4v) is 1.40. The van der Waals surface area contributed by atoms with Crippen molar-refractivity contribution in [1.82, 2.24) is 0 Å². The Labute approximate surface area is 91.3 Å². The quantitative estimate of drug-likeness (QED) is 0.691. The highest BCUT2D eigenvalue weighted by Gasteiger charge is 2.04. The predicted octanol–water partition coefficient (Wildman–Crippen LogP) is 3.21. The lowest BCUT2D eigenvalue weighted by atomic mass is 10.1. The second kappa shape index (κ2) is 6.23. The van der Waals surface area contributed by atoms with Gasteiger partial charge in [0.15, 0.2) is 0 Å². The van der Waals surface area contributed by atoms with Crippen molar-refractivity contribution in [2.24, 2.45) is 0 Å². The van der Waals surface area contributed by atoms with Crippen molar-refractivity contribution in [3.8, 4) is 0 Å². The summed E-state index contributed by atoms with van der Waals surface area (Å²) < 4.78 is 4.91. The summed E-state index contributed by atoms with van der Waals surface area (Å²) >= 11 is 0. The Bertz CT molecular complexity index is 301. The third-order valence-electron chi connectivity index (χ3n) is 2.28. The average Bonchev–Trinajstić information content (AvgIpc) is 2.27. The molecule has 0 aliphatic heterocycles. The van der Waals surface area contributed by atoms with Gasteiger partial charge in [0, 0.05) is 0 Å². The molecule has 0 radical (unpaired) electrons. The lowest BCUT2D eigenvalue weighted by Crippen LogP contribution is -2.04. The minimum atomic E-state index is -0.237. The van der Waals surface area contributed by atoms with Crippen molar-refractivity contribution < 1.29 is 9.53 Å². The Balaban J connectivity index is 2.59. The number of benzene rings is 1. The van der Waals surface area contributed by atoms with Crippen molar-refractivity contribution in [2.45, 2.75) is 33.1 Å². The third kappa shape index (κ3) is 3.74. The van der Waals surface area contributed by atoms with Gasteiger partial charge in [0.05, 0.1) is 12.2 Å². The highest BCUT2D eigenvalue weighted by molar-refractivity contribution is 5.89. The van der Waals surface area contributed by atoms with E-state index in [0.717, 1.165) is 6.42 Å². The molecule has 0 saturated carbocycles. The molecule has 0 unspecified atom stereocenters. The van der Waals surface area contributed by atoms with Gasteiger partial charge < -0.3 is 4.74 Å². The van der Waals surface area contributed by atoms with E-state index in [2.05, 4.69) is 6.92 Å². The van der Waals surface area contributed by atoms with Gasteiger partial charge >= 0.3 is 5.97 Å². The molecule has 1 rings (SSSR count). The van der Waals surface area contributed by atoms with Gasteiger partial charge in [-0.2, -0.15) is 0 Å². The summed E-state index contributed by atoms with van der Waals surface area (Å²) in [6.45, 7) is 4.41. The Kier molecular flexibility index (Phi) is 4.88. The highest BCUT2D eigenvalue weighted by atomic mass is 16.5. The van der Waals surface area contributed by atoms with Crippen LogP contribution in [0.15, 0.2) is 24.3 Å². The molecule has 0 heterocycles. The van der Waals surface area contributed by atoms with Crippen LogP contribution in [0.5, 0.6) is 0 Å². The van der Waals surface area contributed by atoms with Gasteiger partial charge in [-0.05, 0) is 37.5 Å². The van der Waals surface area contributed by atoms with E-state index >= 15 is 0 Å². The van der Waals surface area contributed by atoms with Gasteiger partial charge in [-0.25, -0.2) is 4.79 Å². The molecule has 1 aromatic rings. The molecule has 2 heteroatoms. The van der Waals surface area contributed by atoms with Crippen LogP contribution in [0.4, 0.5) is 0 Å². The molecule has 0 aliphatic carbocycles. The smallest absolute Gasteiger partial charge is 0.338 e. The molecule has 0 atom stereocenters. The van der Waals surface area contributed by atoms with Gasteiger partial charge in [-0.15, -0.1) is 0 Å². The lowest BCUT2D eigenvalue weighted by molar-refractivity contribution is 0.0526. The molecular formula is C13H18O2. The molecule has 0 amide bonds. The zero-order valence-electron chi connectivity index (χ0n) is 9.45. The van der Waals surface area contributed by atoms with E-state index in [0.29, 0.717) is 12.2 Å². The molecule has 2 nitrogen and oxygen atoms in total. The van der Waals surface area contributed by atoms with E-state index in [1.165, 1.54) is 18.4 Å². The van der Waals surface area contributed by atoms with Crippen molar-refractivity contribution in [3.05, 3.63) is 35.4 Å². The first-order valence-electron chi connectivity index (χ1n) is 5.54. The first-order chi connectivity index (χ1) is 7.27. The highest BCUT2D eigenvalue weighted by Crippen LogP contribution is 2.08. The summed E-state index contributed by atoms with van der Waals surface area (Å²) in [5, 5.41) is 0. The molecule has 82 valence electrons. The van der Waals surface area contributed by atoms with Crippen molar-refractivity contribution in [2.75, 3.05) is 6.61 Å².